The molecule has 0 spiro atoms. The molecule has 0 amide bonds. The van der Waals surface area contributed by atoms with Crippen molar-refractivity contribution in [3.8, 4) is 0 Å². The Labute approximate surface area is 73.2 Å². The van der Waals surface area contributed by atoms with Crippen molar-refractivity contribution in [2.45, 2.75) is 19.4 Å². The van der Waals surface area contributed by atoms with Crippen LogP contribution in [0, 0.1) is 0 Å². The van der Waals surface area contributed by atoms with Gasteiger partial charge in [0.25, 0.3) is 0 Å². The molecular formula is C8H13ClN2. The van der Waals surface area contributed by atoms with E-state index in [2.05, 4.69) is 4.98 Å². The number of rotatable bonds is 1. The van der Waals surface area contributed by atoms with Gasteiger partial charge in [-0.25, -0.2) is 0 Å². The van der Waals surface area contributed by atoms with Crippen LogP contribution in [-0.4, -0.2) is 4.98 Å². The lowest BCUT2D eigenvalue weighted by Crippen LogP contribution is -2.29. The average Bonchev–Trinajstić information content (AvgIpc) is 1.88. The minimum absolute atomic E-state index is 0. The SMILES string of the molecule is CC(C)(N)c1ccccn1.Cl. The van der Waals surface area contributed by atoms with Gasteiger partial charge in [-0.15, -0.1) is 12.4 Å². The van der Waals surface area contributed by atoms with Crippen molar-refractivity contribution in [3.05, 3.63) is 30.1 Å². The third kappa shape index (κ3) is 2.87. The number of nitrogens with two attached hydrogens (primary N) is 1. The van der Waals surface area contributed by atoms with Gasteiger partial charge in [0.15, 0.2) is 0 Å². The van der Waals surface area contributed by atoms with Gasteiger partial charge >= 0.3 is 0 Å². The lowest BCUT2D eigenvalue weighted by molar-refractivity contribution is 0.535. The Morgan fingerprint density at radius 2 is 2.00 bits per heavy atom. The Hall–Kier alpha value is -0.600. The van der Waals surface area contributed by atoms with E-state index in [1.165, 1.54) is 0 Å². The summed E-state index contributed by atoms with van der Waals surface area (Å²) >= 11 is 0. The van der Waals surface area contributed by atoms with Gasteiger partial charge in [-0.2, -0.15) is 0 Å². The Balaban J connectivity index is 0.000001000. The molecule has 1 rings (SSSR count). The number of nitrogens with zero attached hydrogens (tertiary/aromatic N) is 1. The summed E-state index contributed by atoms with van der Waals surface area (Å²) in [5.41, 5.74) is 6.40. The van der Waals surface area contributed by atoms with Crippen LogP contribution in [0.3, 0.4) is 0 Å². The molecule has 1 heterocycles. The van der Waals surface area contributed by atoms with Crippen LogP contribution in [0.1, 0.15) is 19.5 Å². The summed E-state index contributed by atoms with van der Waals surface area (Å²) in [6.45, 7) is 3.88. The quantitative estimate of drug-likeness (QED) is 0.701. The first-order valence-electron chi connectivity index (χ1n) is 3.31. The summed E-state index contributed by atoms with van der Waals surface area (Å²) in [4.78, 5) is 4.12. The molecule has 0 aliphatic heterocycles. The molecule has 0 aromatic carbocycles. The van der Waals surface area contributed by atoms with E-state index >= 15 is 0 Å². The van der Waals surface area contributed by atoms with Gasteiger partial charge < -0.3 is 5.73 Å². The highest BCUT2D eigenvalue weighted by Gasteiger charge is 2.13. The zero-order valence-corrected chi connectivity index (χ0v) is 7.56. The van der Waals surface area contributed by atoms with Gasteiger partial charge in [-0.1, -0.05) is 6.07 Å². The molecule has 0 atom stereocenters. The maximum Gasteiger partial charge on any atom is 0.0596 e. The molecule has 0 aliphatic rings. The fourth-order valence-electron chi connectivity index (χ4n) is 0.744. The average molecular weight is 173 g/mol. The van der Waals surface area contributed by atoms with E-state index in [0.717, 1.165) is 5.69 Å². The highest BCUT2D eigenvalue weighted by molar-refractivity contribution is 5.85. The fourth-order valence-corrected chi connectivity index (χ4v) is 0.744. The molecule has 2 nitrogen and oxygen atoms in total. The molecule has 0 bridgehead atoms. The Morgan fingerprint density at radius 1 is 1.36 bits per heavy atom. The highest BCUT2D eigenvalue weighted by Crippen LogP contribution is 2.11. The van der Waals surface area contributed by atoms with Crippen LogP contribution >= 0.6 is 12.4 Å². The van der Waals surface area contributed by atoms with E-state index in [-0.39, 0.29) is 17.9 Å². The summed E-state index contributed by atoms with van der Waals surface area (Å²) in [6.07, 6.45) is 1.75. The minimum Gasteiger partial charge on any atom is -0.321 e. The van der Waals surface area contributed by atoms with Crippen LogP contribution in [-0.2, 0) is 5.54 Å². The highest BCUT2D eigenvalue weighted by atomic mass is 35.5. The van der Waals surface area contributed by atoms with E-state index in [1.54, 1.807) is 6.20 Å². The topological polar surface area (TPSA) is 38.9 Å². The molecule has 2 N–H and O–H groups in total. The van der Waals surface area contributed by atoms with E-state index in [4.69, 9.17) is 5.73 Å². The third-order valence-electron chi connectivity index (χ3n) is 1.33. The third-order valence-corrected chi connectivity index (χ3v) is 1.33. The lowest BCUT2D eigenvalue weighted by Gasteiger charge is -2.16. The van der Waals surface area contributed by atoms with Crippen LogP contribution < -0.4 is 5.73 Å². The molecule has 0 unspecified atom stereocenters. The van der Waals surface area contributed by atoms with Gasteiger partial charge in [0.2, 0.25) is 0 Å². The molecular weight excluding hydrogens is 160 g/mol. The smallest absolute Gasteiger partial charge is 0.0596 e. The molecule has 0 saturated heterocycles. The van der Waals surface area contributed by atoms with Crippen molar-refractivity contribution in [2.24, 2.45) is 5.73 Å². The predicted octanol–water partition coefficient (Wildman–Crippen LogP) is 1.70. The largest absolute Gasteiger partial charge is 0.321 e. The van der Waals surface area contributed by atoms with E-state index in [1.807, 2.05) is 32.0 Å². The summed E-state index contributed by atoms with van der Waals surface area (Å²) in [6, 6.07) is 5.76. The number of pyridine rings is 1. The van der Waals surface area contributed by atoms with Crippen LogP contribution in [0.25, 0.3) is 0 Å². The monoisotopic (exact) mass is 172 g/mol. The van der Waals surface area contributed by atoms with Crippen molar-refractivity contribution in [1.82, 2.24) is 4.98 Å². The number of hydrogen-bond donors (Lipinski definition) is 1. The zero-order chi connectivity index (χ0) is 7.61. The van der Waals surface area contributed by atoms with E-state index in [9.17, 15) is 0 Å². The summed E-state index contributed by atoms with van der Waals surface area (Å²) in [7, 11) is 0. The number of aromatic nitrogens is 1. The van der Waals surface area contributed by atoms with Crippen molar-refractivity contribution < 1.29 is 0 Å². The number of hydrogen-bond acceptors (Lipinski definition) is 2. The first kappa shape index (κ1) is 10.4. The van der Waals surface area contributed by atoms with Crippen molar-refractivity contribution >= 4 is 12.4 Å². The molecule has 0 radical (unpaired) electrons. The van der Waals surface area contributed by atoms with Crippen LogP contribution in [0.2, 0.25) is 0 Å². The second-order valence-electron chi connectivity index (χ2n) is 2.94. The molecule has 0 aliphatic carbocycles. The first-order chi connectivity index (χ1) is 4.61. The molecule has 11 heavy (non-hydrogen) atoms. The summed E-state index contributed by atoms with van der Waals surface area (Å²) in [5, 5.41) is 0. The Bertz CT molecular complexity index is 203. The van der Waals surface area contributed by atoms with Gasteiger partial charge in [-0.05, 0) is 26.0 Å². The van der Waals surface area contributed by atoms with Gasteiger partial charge in [-0.3, -0.25) is 4.98 Å². The zero-order valence-electron chi connectivity index (χ0n) is 6.74. The van der Waals surface area contributed by atoms with E-state index in [0.29, 0.717) is 0 Å². The van der Waals surface area contributed by atoms with Crippen molar-refractivity contribution in [3.63, 3.8) is 0 Å². The summed E-state index contributed by atoms with van der Waals surface area (Å²) in [5.74, 6) is 0. The summed E-state index contributed by atoms with van der Waals surface area (Å²) < 4.78 is 0. The Kier molecular flexibility index (Phi) is 3.49. The number of halogens is 1. The van der Waals surface area contributed by atoms with Gasteiger partial charge in [0.1, 0.15) is 0 Å². The van der Waals surface area contributed by atoms with Crippen LogP contribution in [0.15, 0.2) is 24.4 Å². The molecule has 3 heteroatoms. The maximum absolute atomic E-state index is 5.79. The maximum atomic E-state index is 5.79. The molecule has 1 aromatic rings. The van der Waals surface area contributed by atoms with Crippen LogP contribution in [0.4, 0.5) is 0 Å². The normalized spacial score (nSPS) is 10.5. The van der Waals surface area contributed by atoms with E-state index < -0.39 is 0 Å². The molecule has 0 saturated carbocycles. The minimum atomic E-state index is -0.318. The first-order valence-corrected chi connectivity index (χ1v) is 3.31. The predicted molar refractivity (Wildman–Crippen MR) is 48.7 cm³/mol. The second-order valence-corrected chi connectivity index (χ2v) is 2.94. The van der Waals surface area contributed by atoms with Crippen molar-refractivity contribution in [2.75, 3.05) is 0 Å². The van der Waals surface area contributed by atoms with Gasteiger partial charge in [0, 0.05) is 6.20 Å². The second kappa shape index (κ2) is 3.69. The molecule has 0 fully saturated rings. The fraction of sp³-hybridized carbons (Fsp3) is 0.375. The molecule has 62 valence electrons. The lowest BCUT2D eigenvalue weighted by atomic mass is 10.0. The van der Waals surface area contributed by atoms with Gasteiger partial charge in [0.05, 0.1) is 11.2 Å². The van der Waals surface area contributed by atoms with Crippen molar-refractivity contribution in [1.29, 1.82) is 0 Å². The Morgan fingerprint density at radius 3 is 2.27 bits per heavy atom. The van der Waals surface area contributed by atoms with Crippen LogP contribution in [0.5, 0.6) is 0 Å². The molecule has 1 aromatic heterocycles. The standard InChI is InChI=1S/C8H12N2.ClH/c1-8(2,9)7-5-3-4-6-10-7;/h3-6H,9H2,1-2H3;1H.